The Balaban J connectivity index is 2.05. The normalized spacial score (nSPS) is 21.0. The van der Waals surface area contributed by atoms with E-state index in [4.69, 9.17) is 4.74 Å². The Kier molecular flexibility index (Phi) is 4.65. The highest BCUT2D eigenvalue weighted by atomic mass is 79.9. The molecule has 1 aromatic carbocycles. The number of ether oxygens (including phenoxy) is 1. The van der Waals surface area contributed by atoms with E-state index in [2.05, 4.69) is 33.9 Å². The van der Waals surface area contributed by atoms with E-state index in [1.165, 1.54) is 6.42 Å². The van der Waals surface area contributed by atoms with Gasteiger partial charge < -0.3 is 14.7 Å². The highest BCUT2D eigenvalue weighted by Gasteiger charge is 2.18. The Morgan fingerprint density at radius 2 is 2.33 bits per heavy atom. The van der Waals surface area contributed by atoms with Crippen LogP contribution in [0, 0.1) is 0 Å². The molecule has 4 heteroatoms. The first kappa shape index (κ1) is 13.8. The molecule has 1 heterocycles. The van der Waals surface area contributed by atoms with E-state index >= 15 is 0 Å². The van der Waals surface area contributed by atoms with Gasteiger partial charge in [-0.3, -0.25) is 0 Å². The maximum Gasteiger partial charge on any atom is 0.0772 e. The van der Waals surface area contributed by atoms with Crippen molar-refractivity contribution < 1.29 is 9.84 Å². The first-order valence-electron chi connectivity index (χ1n) is 6.38. The fraction of sp³-hybridized carbons (Fsp3) is 0.571. The molecule has 1 aliphatic heterocycles. The zero-order valence-electron chi connectivity index (χ0n) is 10.9. The van der Waals surface area contributed by atoms with Crippen LogP contribution in [0.15, 0.2) is 22.7 Å². The van der Waals surface area contributed by atoms with Crippen molar-refractivity contribution in [1.29, 1.82) is 0 Å². The zero-order valence-corrected chi connectivity index (χ0v) is 12.5. The Labute approximate surface area is 117 Å². The maximum absolute atomic E-state index is 9.60. The van der Waals surface area contributed by atoms with Gasteiger partial charge in [-0.2, -0.15) is 0 Å². The highest BCUT2D eigenvalue weighted by molar-refractivity contribution is 9.10. The fourth-order valence-electron chi connectivity index (χ4n) is 2.29. The van der Waals surface area contributed by atoms with Crippen molar-refractivity contribution in [1.82, 2.24) is 0 Å². The van der Waals surface area contributed by atoms with Crippen molar-refractivity contribution >= 4 is 21.6 Å². The molecule has 100 valence electrons. The third kappa shape index (κ3) is 3.25. The molecule has 0 bridgehead atoms. The quantitative estimate of drug-likeness (QED) is 0.927. The number of rotatable bonds is 4. The fourth-order valence-corrected chi connectivity index (χ4v) is 2.99. The van der Waals surface area contributed by atoms with Crippen LogP contribution in [0.5, 0.6) is 0 Å². The second-order valence-corrected chi connectivity index (χ2v) is 5.75. The molecule has 0 aromatic heterocycles. The van der Waals surface area contributed by atoms with Crippen molar-refractivity contribution in [3.8, 4) is 0 Å². The van der Waals surface area contributed by atoms with Gasteiger partial charge in [0.2, 0.25) is 0 Å². The first-order chi connectivity index (χ1) is 8.58. The summed E-state index contributed by atoms with van der Waals surface area (Å²) in [5, 5.41) is 9.60. The summed E-state index contributed by atoms with van der Waals surface area (Å²) in [5.74, 6) is 0. The molecular weight excluding hydrogens is 294 g/mol. The van der Waals surface area contributed by atoms with E-state index < -0.39 is 6.10 Å². The molecule has 0 aliphatic carbocycles. The van der Waals surface area contributed by atoms with Gasteiger partial charge >= 0.3 is 0 Å². The van der Waals surface area contributed by atoms with Crippen molar-refractivity contribution in [3.63, 3.8) is 0 Å². The predicted octanol–water partition coefficient (Wildman–Crippen LogP) is 3.12. The van der Waals surface area contributed by atoms with Crippen LogP contribution in [0.3, 0.4) is 0 Å². The van der Waals surface area contributed by atoms with Crippen LogP contribution in [0.1, 0.15) is 31.4 Å². The number of aliphatic hydroxyl groups is 1. The Bertz CT molecular complexity index is 403. The summed E-state index contributed by atoms with van der Waals surface area (Å²) in [4.78, 5) is 2.20. The van der Waals surface area contributed by atoms with Gasteiger partial charge in [-0.1, -0.05) is 22.0 Å². The number of benzene rings is 1. The van der Waals surface area contributed by atoms with Crippen molar-refractivity contribution in [2.24, 2.45) is 0 Å². The lowest BCUT2D eigenvalue weighted by molar-refractivity contribution is 0.116. The Hall–Kier alpha value is -0.580. The van der Waals surface area contributed by atoms with Crippen molar-refractivity contribution in [2.75, 3.05) is 25.1 Å². The molecule has 0 amide bonds. The molecule has 1 N–H and O–H groups in total. The lowest BCUT2D eigenvalue weighted by atomic mass is 10.1. The second-order valence-electron chi connectivity index (χ2n) is 4.90. The first-order valence-corrected chi connectivity index (χ1v) is 7.17. The lowest BCUT2D eigenvalue weighted by Gasteiger charge is -2.23. The number of nitrogens with zero attached hydrogens (tertiary/aromatic N) is 1. The molecular formula is C14H20BrNO2. The van der Waals surface area contributed by atoms with Crippen molar-refractivity contribution in [3.05, 3.63) is 28.2 Å². The molecule has 2 atom stereocenters. The molecule has 0 saturated carbocycles. The Morgan fingerprint density at radius 3 is 2.89 bits per heavy atom. The molecule has 1 fully saturated rings. The zero-order chi connectivity index (χ0) is 13.1. The van der Waals surface area contributed by atoms with E-state index in [9.17, 15) is 5.11 Å². The molecule has 0 spiro atoms. The number of anilines is 1. The van der Waals surface area contributed by atoms with Gasteiger partial charge in [-0.25, -0.2) is 0 Å². The topological polar surface area (TPSA) is 32.7 Å². The van der Waals surface area contributed by atoms with Crippen LogP contribution in [-0.2, 0) is 4.74 Å². The van der Waals surface area contributed by atoms with Gasteiger partial charge in [0, 0.05) is 30.4 Å². The SMILES string of the molecule is C[C@@H](O)c1ccc(N(C)CC2CCCO2)cc1Br. The molecule has 1 unspecified atom stereocenters. The van der Waals surface area contributed by atoms with E-state index in [-0.39, 0.29) is 0 Å². The van der Waals surface area contributed by atoms with E-state index in [0.717, 1.165) is 35.3 Å². The van der Waals surface area contributed by atoms with Gasteiger partial charge in [-0.05, 0) is 37.5 Å². The molecule has 0 radical (unpaired) electrons. The molecule has 18 heavy (non-hydrogen) atoms. The number of hydrogen-bond donors (Lipinski definition) is 1. The number of halogens is 1. The van der Waals surface area contributed by atoms with Gasteiger partial charge in [0.05, 0.1) is 12.2 Å². The van der Waals surface area contributed by atoms with Crippen LogP contribution < -0.4 is 4.90 Å². The summed E-state index contributed by atoms with van der Waals surface area (Å²) in [6.45, 7) is 3.58. The summed E-state index contributed by atoms with van der Waals surface area (Å²) in [6.07, 6.45) is 2.22. The summed E-state index contributed by atoms with van der Waals surface area (Å²) >= 11 is 3.51. The lowest BCUT2D eigenvalue weighted by Crippen LogP contribution is -2.28. The van der Waals surface area contributed by atoms with E-state index in [1.54, 1.807) is 6.92 Å². The maximum atomic E-state index is 9.60. The largest absolute Gasteiger partial charge is 0.389 e. The van der Waals surface area contributed by atoms with Crippen molar-refractivity contribution in [2.45, 2.75) is 32.0 Å². The van der Waals surface area contributed by atoms with Gasteiger partial charge in [0.25, 0.3) is 0 Å². The van der Waals surface area contributed by atoms with Crippen LogP contribution in [0.25, 0.3) is 0 Å². The van der Waals surface area contributed by atoms with E-state index in [1.807, 2.05) is 12.1 Å². The highest BCUT2D eigenvalue weighted by Crippen LogP contribution is 2.28. The van der Waals surface area contributed by atoms with Gasteiger partial charge in [-0.15, -0.1) is 0 Å². The van der Waals surface area contributed by atoms with Gasteiger partial charge in [0.1, 0.15) is 0 Å². The molecule has 3 nitrogen and oxygen atoms in total. The smallest absolute Gasteiger partial charge is 0.0772 e. The summed E-state index contributed by atoms with van der Waals surface area (Å²) < 4.78 is 6.60. The molecule has 2 rings (SSSR count). The standard InChI is InChI=1S/C14H20BrNO2/c1-10(17)13-6-5-11(8-14(13)15)16(2)9-12-4-3-7-18-12/h5-6,8,10,12,17H,3-4,7,9H2,1-2H3/t10-,12?/m1/s1. The summed E-state index contributed by atoms with van der Waals surface area (Å²) in [6, 6.07) is 6.06. The summed E-state index contributed by atoms with van der Waals surface area (Å²) in [5.41, 5.74) is 2.06. The number of hydrogen-bond acceptors (Lipinski definition) is 3. The minimum atomic E-state index is -0.447. The van der Waals surface area contributed by atoms with Crippen LogP contribution in [0.4, 0.5) is 5.69 Å². The van der Waals surface area contributed by atoms with E-state index in [0.29, 0.717) is 6.10 Å². The molecule has 1 saturated heterocycles. The van der Waals surface area contributed by atoms with Crippen LogP contribution >= 0.6 is 15.9 Å². The predicted molar refractivity (Wildman–Crippen MR) is 77.0 cm³/mol. The Morgan fingerprint density at radius 1 is 1.56 bits per heavy atom. The third-order valence-corrected chi connectivity index (χ3v) is 4.06. The van der Waals surface area contributed by atoms with Crippen LogP contribution in [-0.4, -0.2) is 31.4 Å². The minimum absolute atomic E-state index is 0.352. The summed E-state index contributed by atoms with van der Waals surface area (Å²) in [7, 11) is 2.07. The van der Waals surface area contributed by atoms with Crippen LogP contribution in [0.2, 0.25) is 0 Å². The average Bonchev–Trinajstić information content (AvgIpc) is 2.81. The monoisotopic (exact) mass is 313 g/mol. The third-order valence-electron chi connectivity index (χ3n) is 3.38. The van der Waals surface area contributed by atoms with Gasteiger partial charge in [0.15, 0.2) is 0 Å². The minimum Gasteiger partial charge on any atom is -0.389 e. The molecule has 1 aliphatic rings. The number of aliphatic hydroxyl groups excluding tert-OH is 1. The second kappa shape index (κ2) is 6.04. The number of likely N-dealkylation sites (N-methyl/N-ethyl adjacent to an activating group) is 1. The molecule has 1 aromatic rings. The average molecular weight is 314 g/mol.